The van der Waals surface area contributed by atoms with Gasteiger partial charge in [-0.15, -0.1) is 0 Å². The molecule has 32 heavy (non-hydrogen) atoms. The zero-order chi connectivity index (χ0) is 24.1. The Hall–Kier alpha value is -2.59. The molecule has 2 rings (SSSR count). The van der Waals surface area contributed by atoms with E-state index in [0.717, 1.165) is 22.4 Å². The van der Waals surface area contributed by atoms with Gasteiger partial charge in [0.25, 0.3) is 5.91 Å². The Kier molecular flexibility index (Phi) is 8.30. The number of carbonyl (C=O) groups is 1. The highest BCUT2D eigenvalue weighted by Gasteiger charge is 2.22. The fraction of sp³-hybridized carbons (Fsp3) is 0.409. The number of nitrogens with one attached hydrogen (secondary N) is 1. The lowest BCUT2D eigenvalue weighted by atomic mass is 10.0. The number of nitrogens with zero attached hydrogens (tertiary/aromatic N) is 1. The van der Waals surface area contributed by atoms with Gasteiger partial charge < -0.3 is 10.1 Å². The SMILES string of the molecule is CC[C@H](Oc1ccc(N(C)S(C)(=O)=O)cc1)C(=O)N[C@@H](CC)c1ccc(S(C)(=O)=O)cc1. The third-order valence-corrected chi connectivity index (χ3v) is 7.41. The lowest BCUT2D eigenvalue weighted by molar-refractivity contribution is -0.128. The molecule has 0 radical (unpaired) electrons. The van der Waals surface area contributed by atoms with Gasteiger partial charge in [0.1, 0.15) is 5.75 Å². The zero-order valence-electron chi connectivity index (χ0n) is 18.9. The number of sulfone groups is 1. The predicted molar refractivity (Wildman–Crippen MR) is 125 cm³/mol. The third-order valence-electron chi connectivity index (χ3n) is 5.07. The van der Waals surface area contributed by atoms with Gasteiger partial charge in [-0.1, -0.05) is 26.0 Å². The van der Waals surface area contributed by atoms with E-state index in [1.807, 2.05) is 13.8 Å². The molecule has 10 heteroatoms. The number of anilines is 1. The fourth-order valence-electron chi connectivity index (χ4n) is 3.05. The number of amides is 1. The van der Waals surface area contributed by atoms with Crippen molar-refractivity contribution >= 4 is 31.5 Å². The highest BCUT2D eigenvalue weighted by molar-refractivity contribution is 7.92. The molecular weight excluding hydrogens is 452 g/mol. The Morgan fingerprint density at radius 3 is 1.94 bits per heavy atom. The van der Waals surface area contributed by atoms with E-state index in [2.05, 4.69) is 5.32 Å². The summed E-state index contributed by atoms with van der Waals surface area (Å²) >= 11 is 0. The predicted octanol–water partition coefficient (Wildman–Crippen LogP) is 2.91. The molecule has 0 aliphatic heterocycles. The summed E-state index contributed by atoms with van der Waals surface area (Å²) in [5.41, 5.74) is 1.29. The van der Waals surface area contributed by atoms with Gasteiger partial charge in [-0.3, -0.25) is 9.10 Å². The second kappa shape index (κ2) is 10.4. The Balaban J connectivity index is 2.09. The number of hydrogen-bond acceptors (Lipinski definition) is 6. The average molecular weight is 483 g/mol. The molecular formula is C22H30N2O6S2. The average Bonchev–Trinajstić information content (AvgIpc) is 2.74. The quantitative estimate of drug-likeness (QED) is 0.558. The molecule has 8 nitrogen and oxygen atoms in total. The third kappa shape index (κ3) is 6.70. The topological polar surface area (TPSA) is 110 Å². The van der Waals surface area contributed by atoms with Crippen LogP contribution in [0.1, 0.15) is 38.3 Å². The molecule has 0 aliphatic rings. The molecule has 2 aromatic rings. The first-order valence-corrected chi connectivity index (χ1v) is 13.9. The van der Waals surface area contributed by atoms with Crippen molar-refractivity contribution in [3.8, 4) is 5.75 Å². The van der Waals surface area contributed by atoms with E-state index in [4.69, 9.17) is 4.74 Å². The fourth-order valence-corrected chi connectivity index (χ4v) is 4.18. The van der Waals surface area contributed by atoms with E-state index in [-0.39, 0.29) is 16.8 Å². The van der Waals surface area contributed by atoms with Crippen LogP contribution in [0.5, 0.6) is 5.75 Å². The van der Waals surface area contributed by atoms with Crippen LogP contribution in [0.4, 0.5) is 5.69 Å². The molecule has 0 aliphatic carbocycles. The minimum absolute atomic E-state index is 0.224. The first-order chi connectivity index (χ1) is 14.9. The number of sulfonamides is 1. The number of rotatable bonds is 10. The number of hydrogen-bond donors (Lipinski definition) is 1. The maximum Gasteiger partial charge on any atom is 0.261 e. The molecule has 1 N–H and O–H groups in total. The summed E-state index contributed by atoms with van der Waals surface area (Å²) in [6.07, 6.45) is 2.58. The molecule has 0 saturated heterocycles. The molecule has 0 fully saturated rings. The van der Waals surface area contributed by atoms with Gasteiger partial charge in [0.15, 0.2) is 15.9 Å². The Morgan fingerprint density at radius 2 is 1.50 bits per heavy atom. The minimum atomic E-state index is -3.37. The minimum Gasteiger partial charge on any atom is -0.481 e. The second-order valence-corrected chi connectivity index (χ2v) is 11.6. The van der Waals surface area contributed by atoms with Gasteiger partial charge in [0, 0.05) is 13.3 Å². The lowest BCUT2D eigenvalue weighted by Crippen LogP contribution is -2.40. The van der Waals surface area contributed by atoms with Crippen molar-refractivity contribution in [1.82, 2.24) is 5.32 Å². The summed E-state index contributed by atoms with van der Waals surface area (Å²) in [6.45, 7) is 3.76. The smallest absolute Gasteiger partial charge is 0.261 e. The van der Waals surface area contributed by atoms with Crippen molar-refractivity contribution in [1.29, 1.82) is 0 Å². The monoisotopic (exact) mass is 482 g/mol. The van der Waals surface area contributed by atoms with Gasteiger partial charge in [0.05, 0.1) is 22.9 Å². The van der Waals surface area contributed by atoms with E-state index in [0.29, 0.717) is 24.3 Å². The Bertz CT molecular complexity index is 1130. The van der Waals surface area contributed by atoms with Crippen LogP contribution in [0.15, 0.2) is 53.4 Å². The summed E-state index contributed by atoms with van der Waals surface area (Å²) in [6, 6.07) is 12.6. The lowest BCUT2D eigenvalue weighted by Gasteiger charge is -2.23. The van der Waals surface area contributed by atoms with Crippen molar-refractivity contribution in [2.24, 2.45) is 0 Å². The van der Waals surface area contributed by atoms with Crippen LogP contribution in [0.2, 0.25) is 0 Å². The largest absolute Gasteiger partial charge is 0.481 e. The number of carbonyl (C=O) groups excluding carboxylic acids is 1. The van der Waals surface area contributed by atoms with Gasteiger partial charge >= 0.3 is 0 Å². The summed E-state index contributed by atoms with van der Waals surface area (Å²) in [4.78, 5) is 13.1. The van der Waals surface area contributed by atoms with Gasteiger partial charge in [-0.25, -0.2) is 16.8 Å². The van der Waals surface area contributed by atoms with Gasteiger partial charge in [0.2, 0.25) is 10.0 Å². The first-order valence-electron chi connectivity index (χ1n) is 10.2. The second-order valence-electron chi connectivity index (χ2n) is 7.55. The van der Waals surface area contributed by atoms with Crippen molar-refractivity contribution in [2.45, 2.75) is 43.7 Å². The first kappa shape index (κ1) is 25.7. The van der Waals surface area contributed by atoms with E-state index in [1.54, 1.807) is 36.4 Å². The van der Waals surface area contributed by atoms with Crippen LogP contribution >= 0.6 is 0 Å². The van der Waals surface area contributed by atoms with Crippen LogP contribution in [0, 0.1) is 0 Å². The van der Waals surface area contributed by atoms with E-state index in [9.17, 15) is 21.6 Å². The molecule has 1 amide bonds. The van der Waals surface area contributed by atoms with Gasteiger partial charge in [-0.05, 0) is 54.8 Å². The molecule has 0 spiro atoms. The van der Waals surface area contributed by atoms with Crippen molar-refractivity contribution in [2.75, 3.05) is 23.9 Å². The summed E-state index contributed by atoms with van der Waals surface area (Å²) in [5.74, 6) is 0.159. The van der Waals surface area contributed by atoms with Crippen molar-refractivity contribution in [3.63, 3.8) is 0 Å². The molecule has 0 unspecified atom stereocenters. The van der Waals surface area contributed by atoms with Gasteiger partial charge in [-0.2, -0.15) is 0 Å². The summed E-state index contributed by atoms with van der Waals surface area (Å²) < 4.78 is 53.6. The van der Waals surface area contributed by atoms with Crippen LogP contribution in [-0.4, -0.2) is 48.4 Å². The molecule has 0 saturated carbocycles. The molecule has 0 heterocycles. The summed E-state index contributed by atoms with van der Waals surface area (Å²) in [7, 11) is -5.20. The van der Waals surface area contributed by atoms with Crippen LogP contribution in [-0.2, 0) is 24.7 Å². The standard InChI is InChI=1S/C22H30N2O6S2/c1-6-20(16-8-14-19(15-9-16)31(4,26)27)23-22(25)21(7-2)30-18-12-10-17(11-13-18)24(3)32(5,28)29/h8-15,20-21H,6-7H2,1-5H3,(H,23,25)/t20-,21-/m0/s1. The molecule has 0 aromatic heterocycles. The summed E-state index contributed by atoms with van der Waals surface area (Å²) in [5, 5.41) is 2.96. The van der Waals surface area contributed by atoms with Crippen LogP contribution in [0.25, 0.3) is 0 Å². The molecule has 2 aromatic carbocycles. The molecule has 0 bridgehead atoms. The number of ether oxygens (including phenoxy) is 1. The maximum absolute atomic E-state index is 12.8. The van der Waals surface area contributed by atoms with Crippen molar-refractivity contribution in [3.05, 3.63) is 54.1 Å². The van der Waals surface area contributed by atoms with E-state index >= 15 is 0 Å². The van der Waals surface area contributed by atoms with E-state index in [1.165, 1.54) is 19.2 Å². The molecule has 2 atom stereocenters. The highest BCUT2D eigenvalue weighted by Crippen LogP contribution is 2.23. The Labute approximate surface area is 190 Å². The maximum atomic E-state index is 12.8. The number of benzene rings is 2. The van der Waals surface area contributed by atoms with Crippen LogP contribution in [0.3, 0.4) is 0 Å². The normalized spacial score (nSPS) is 13.8. The van der Waals surface area contributed by atoms with Crippen molar-refractivity contribution < 1.29 is 26.4 Å². The van der Waals surface area contributed by atoms with Crippen LogP contribution < -0.4 is 14.4 Å². The Morgan fingerprint density at radius 1 is 0.938 bits per heavy atom. The van der Waals surface area contributed by atoms with E-state index < -0.39 is 26.0 Å². The highest BCUT2D eigenvalue weighted by atomic mass is 32.2. The zero-order valence-corrected chi connectivity index (χ0v) is 20.5. The molecule has 176 valence electrons.